The maximum atomic E-state index is 13.6. The van der Waals surface area contributed by atoms with Crippen LogP contribution < -0.4 is 5.32 Å². The van der Waals surface area contributed by atoms with E-state index < -0.39 is 18.5 Å². The maximum absolute atomic E-state index is 13.6. The van der Waals surface area contributed by atoms with Crippen LogP contribution in [-0.4, -0.2) is 41.7 Å². The first-order valence-electron chi connectivity index (χ1n) is 13.8. The summed E-state index contributed by atoms with van der Waals surface area (Å²) >= 11 is 11.8. The van der Waals surface area contributed by atoms with Gasteiger partial charge in [0.15, 0.2) is 6.61 Å². The normalized spacial score (nSPS) is 21.8. The number of esters is 1. The van der Waals surface area contributed by atoms with Gasteiger partial charge in [0.1, 0.15) is 0 Å². The van der Waals surface area contributed by atoms with E-state index in [1.54, 1.807) is 12.1 Å². The molecule has 0 spiro atoms. The molecule has 9 heteroatoms. The monoisotopic (exact) mass is 590 g/mol. The summed E-state index contributed by atoms with van der Waals surface area (Å²) in [6, 6.07) is 21.1. The van der Waals surface area contributed by atoms with Crippen molar-refractivity contribution in [3.8, 4) is 0 Å². The van der Waals surface area contributed by atoms with E-state index in [0.29, 0.717) is 41.5 Å². The van der Waals surface area contributed by atoms with Gasteiger partial charge in [-0.05, 0) is 53.3 Å². The molecule has 4 aliphatic rings. The van der Waals surface area contributed by atoms with Gasteiger partial charge in [0.05, 0.1) is 21.9 Å². The summed E-state index contributed by atoms with van der Waals surface area (Å²) in [5.41, 5.74) is 5.08. The Morgan fingerprint density at radius 2 is 1.32 bits per heavy atom. The summed E-state index contributed by atoms with van der Waals surface area (Å²) in [6.07, 6.45) is 1.90. The zero-order valence-corrected chi connectivity index (χ0v) is 23.7. The molecule has 210 valence electrons. The van der Waals surface area contributed by atoms with Gasteiger partial charge in [-0.2, -0.15) is 0 Å². The Kier molecular flexibility index (Phi) is 7.58. The van der Waals surface area contributed by atoms with Crippen LogP contribution in [0, 0.1) is 11.8 Å². The number of halogens is 2. The van der Waals surface area contributed by atoms with E-state index in [1.807, 2.05) is 24.3 Å². The van der Waals surface area contributed by atoms with Crippen LogP contribution in [0.5, 0.6) is 0 Å². The smallest absolute Gasteiger partial charge is 0.306 e. The summed E-state index contributed by atoms with van der Waals surface area (Å²) in [5, 5.41) is 3.27. The molecule has 1 fully saturated rings. The lowest BCUT2D eigenvalue weighted by atomic mass is 9.55. The van der Waals surface area contributed by atoms with Gasteiger partial charge in [-0.3, -0.25) is 24.1 Å². The zero-order chi connectivity index (χ0) is 28.7. The summed E-state index contributed by atoms with van der Waals surface area (Å²) in [5.74, 6) is -2.12. The summed E-state index contributed by atoms with van der Waals surface area (Å²) < 4.78 is 5.07. The van der Waals surface area contributed by atoms with Crippen LogP contribution in [0.25, 0.3) is 0 Å². The molecule has 0 unspecified atom stereocenters. The first-order chi connectivity index (χ1) is 19.8. The second-order valence-electron chi connectivity index (χ2n) is 10.7. The highest BCUT2D eigenvalue weighted by atomic mass is 35.5. The van der Waals surface area contributed by atoms with Crippen LogP contribution >= 0.6 is 23.2 Å². The number of nitrogens with zero attached hydrogens (tertiary/aromatic N) is 1. The minimum Gasteiger partial charge on any atom is -0.456 e. The Hall–Kier alpha value is -3.68. The third-order valence-corrected chi connectivity index (χ3v) is 9.11. The van der Waals surface area contributed by atoms with Gasteiger partial charge in [-0.15, -0.1) is 0 Å². The summed E-state index contributed by atoms with van der Waals surface area (Å²) in [6.45, 7) is -0.0797. The molecule has 7 nitrogen and oxygen atoms in total. The predicted molar refractivity (Wildman–Crippen MR) is 155 cm³/mol. The van der Waals surface area contributed by atoms with Gasteiger partial charge < -0.3 is 10.1 Å². The van der Waals surface area contributed by atoms with Crippen molar-refractivity contribution in [2.45, 2.75) is 37.5 Å². The van der Waals surface area contributed by atoms with Crippen LogP contribution in [0.15, 0.2) is 66.7 Å². The number of hydrogen-bond acceptors (Lipinski definition) is 5. The molecular weight excluding hydrogens is 563 g/mol. The van der Waals surface area contributed by atoms with Gasteiger partial charge >= 0.3 is 5.97 Å². The Morgan fingerprint density at radius 3 is 1.85 bits per heavy atom. The van der Waals surface area contributed by atoms with Crippen molar-refractivity contribution >= 4 is 52.6 Å². The van der Waals surface area contributed by atoms with Gasteiger partial charge in [-0.25, -0.2) is 0 Å². The lowest BCUT2D eigenvalue weighted by Crippen LogP contribution is -2.41. The van der Waals surface area contributed by atoms with Crippen molar-refractivity contribution in [3.63, 3.8) is 0 Å². The molecule has 0 aromatic heterocycles. The number of rotatable bonds is 9. The molecule has 3 amide bonds. The topological polar surface area (TPSA) is 92.8 Å². The van der Waals surface area contributed by atoms with E-state index in [-0.39, 0.29) is 41.9 Å². The number of likely N-dealkylation sites (tertiary alicyclic amines) is 1. The average molecular weight is 591 g/mol. The molecule has 3 aromatic carbocycles. The molecular formula is C32H28Cl2N2O5. The molecule has 2 bridgehead atoms. The standard InChI is InChI=1S/C32H28Cl2N2O5/c33-23-14-13-18(16-24(23)34)35-25(37)17-41-26(38)12-2-1-7-15-36-31(39)29-27-19-8-3-4-9-20(19)28(30(29)32(36)40)22-11-6-5-10-21(22)27/h3-6,8-11,13-14,16,27-30H,1-2,7,12,15,17H2,(H,35,37)/t27?,28?,29-,30-/m1/s1. The zero-order valence-electron chi connectivity index (χ0n) is 22.1. The van der Waals surface area contributed by atoms with Gasteiger partial charge in [0, 0.05) is 30.5 Å². The third kappa shape index (κ3) is 5.02. The van der Waals surface area contributed by atoms with Crippen LogP contribution in [0.2, 0.25) is 10.0 Å². The second kappa shape index (κ2) is 11.3. The van der Waals surface area contributed by atoms with Crippen molar-refractivity contribution in [1.82, 2.24) is 4.90 Å². The third-order valence-electron chi connectivity index (χ3n) is 8.37. The molecule has 3 aliphatic carbocycles. The molecule has 0 radical (unpaired) electrons. The number of unbranched alkanes of at least 4 members (excludes halogenated alkanes) is 2. The Bertz CT molecular complexity index is 1440. The fourth-order valence-corrected chi connectivity index (χ4v) is 6.96. The molecule has 2 atom stereocenters. The second-order valence-corrected chi connectivity index (χ2v) is 11.6. The molecule has 7 rings (SSSR count). The van der Waals surface area contributed by atoms with E-state index in [0.717, 1.165) is 22.3 Å². The van der Waals surface area contributed by atoms with Crippen LogP contribution in [0.1, 0.15) is 59.8 Å². The summed E-state index contributed by atoms with van der Waals surface area (Å²) in [7, 11) is 0. The van der Waals surface area contributed by atoms with E-state index in [9.17, 15) is 19.2 Å². The first kappa shape index (κ1) is 27.5. The largest absolute Gasteiger partial charge is 0.456 e. The number of carbonyl (C=O) groups excluding carboxylic acids is 4. The molecule has 1 aliphatic heterocycles. The molecule has 3 aromatic rings. The Labute approximate surface area is 247 Å². The molecule has 1 heterocycles. The van der Waals surface area contributed by atoms with Crippen molar-refractivity contribution < 1.29 is 23.9 Å². The molecule has 0 saturated carbocycles. The predicted octanol–water partition coefficient (Wildman–Crippen LogP) is 5.93. The number of ether oxygens (including phenoxy) is 1. The van der Waals surface area contributed by atoms with Crippen molar-refractivity contribution in [2.75, 3.05) is 18.5 Å². The number of hydrogen-bond donors (Lipinski definition) is 1. The van der Waals surface area contributed by atoms with Gasteiger partial charge in [0.25, 0.3) is 5.91 Å². The fraction of sp³-hybridized carbons (Fsp3) is 0.312. The Morgan fingerprint density at radius 1 is 0.756 bits per heavy atom. The van der Waals surface area contributed by atoms with Gasteiger partial charge in [0.2, 0.25) is 11.8 Å². The van der Waals surface area contributed by atoms with Crippen LogP contribution in [0.4, 0.5) is 5.69 Å². The highest BCUT2D eigenvalue weighted by Crippen LogP contribution is 2.60. The first-order valence-corrected chi connectivity index (χ1v) is 14.5. The van der Waals surface area contributed by atoms with E-state index in [4.69, 9.17) is 27.9 Å². The van der Waals surface area contributed by atoms with Crippen LogP contribution in [-0.2, 0) is 23.9 Å². The number of carbonyl (C=O) groups is 4. The van der Waals surface area contributed by atoms with E-state index >= 15 is 0 Å². The summed E-state index contributed by atoms with van der Waals surface area (Å²) in [4.78, 5) is 52.9. The minimum absolute atomic E-state index is 0.0913. The number of imide groups is 1. The van der Waals surface area contributed by atoms with E-state index in [1.165, 1.54) is 11.0 Å². The van der Waals surface area contributed by atoms with E-state index in [2.05, 4.69) is 29.6 Å². The minimum atomic E-state index is -0.485. The van der Waals surface area contributed by atoms with Crippen molar-refractivity contribution in [3.05, 3.63) is 99.0 Å². The number of anilines is 1. The molecule has 1 saturated heterocycles. The highest BCUT2D eigenvalue weighted by Gasteiger charge is 2.61. The lowest BCUT2D eigenvalue weighted by Gasteiger charge is -2.45. The Balaban J connectivity index is 0.993. The van der Waals surface area contributed by atoms with Gasteiger partial charge in [-0.1, -0.05) is 78.2 Å². The number of nitrogens with one attached hydrogen (secondary N) is 1. The van der Waals surface area contributed by atoms with Crippen LogP contribution in [0.3, 0.4) is 0 Å². The average Bonchev–Trinajstić information content (AvgIpc) is 3.23. The quantitative estimate of drug-likeness (QED) is 0.189. The number of amides is 3. The maximum Gasteiger partial charge on any atom is 0.306 e. The SMILES string of the molecule is O=C(COC(=O)CCCCCN1C(=O)[C@@H]2C3c4ccccc4C(c4ccccc43)[C@H]2C1=O)Nc1ccc(Cl)c(Cl)c1. The molecule has 41 heavy (non-hydrogen) atoms. The highest BCUT2D eigenvalue weighted by molar-refractivity contribution is 6.42. The van der Waals surface area contributed by atoms with Crippen molar-refractivity contribution in [1.29, 1.82) is 0 Å². The number of benzene rings is 3. The molecule has 1 N–H and O–H groups in total. The fourth-order valence-electron chi connectivity index (χ4n) is 6.66. The van der Waals surface area contributed by atoms with Crippen molar-refractivity contribution in [2.24, 2.45) is 11.8 Å². The lowest BCUT2D eigenvalue weighted by molar-refractivity contribution is -0.147.